The number of nitrogens with one attached hydrogen (secondary N) is 1. The summed E-state index contributed by atoms with van der Waals surface area (Å²) in [6, 6.07) is 0.834. The van der Waals surface area contributed by atoms with Crippen LogP contribution in [0.15, 0.2) is 0 Å². The molecule has 0 aromatic rings. The molecule has 0 bridgehead atoms. The predicted molar refractivity (Wildman–Crippen MR) is 78.8 cm³/mol. The van der Waals surface area contributed by atoms with E-state index in [2.05, 4.69) is 37.9 Å². The smallest absolute Gasteiger partial charge is 0.0119 e. The fourth-order valence-electron chi connectivity index (χ4n) is 3.97. The molecular formula is C16H32N2. The molecule has 2 saturated heterocycles. The van der Waals surface area contributed by atoms with Crippen LogP contribution >= 0.6 is 0 Å². The maximum Gasteiger partial charge on any atom is 0.0119 e. The van der Waals surface area contributed by atoms with E-state index in [1.807, 2.05) is 0 Å². The Kier molecular flexibility index (Phi) is 4.71. The van der Waals surface area contributed by atoms with Crippen LogP contribution in [0, 0.1) is 17.3 Å². The van der Waals surface area contributed by atoms with Crippen molar-refractivity contribution in [1.82, 2.24) is 10.2 Å². The molecule has 2 atom stereocenters. The van der Waals surface area contributed by atoms with Gasteiger partial charge in [0.05, 0.1) is 0 Å². The second kappa shape index (κ2) is 5.92. The monoisotopic (exact) mass is 252 g/mol. The van der Waals surface area contributed by atoms with Crippen molar-refractivity contribution in [2.24, 2.45) is 17.3 Å². The Morgan fingerprint density at radius 2 is 2.00 bits per heavy atom. The van der Waals surface area contributed by atoms with E-state index in [0.29, 0.717) is 5.41 Å². The minimum absolute atomic E-state index is 0.463. The van der Waals surface area contributed by atoms with E-state index in [4.69, 9.17) is 0 Å². The molecule has 2 heterocycles. The number of hydrogen-bond donors (Lipinski definition) is 1. The molecule has 0 aliphatic carbocycles. The standard InChI is InChI=1S/C16H32N2/c1-13(2)15-8-6-10-18(15)12-16(3,4)14-7-5-9-17-11-14/h13-15,17H,5-12H2,1-4H3. The van der Waals surface area contributed by atoms with E-state index < -0.39 is 0 Å². The third kappa shape index (κ3) is 3.27. The Balaban J connectivity index is 1.93. The van der Waals surface area contributed by atoms with Gasteiger partial charge in [-0.15, -0.1) is 0 Å². The number of rotatable bonds is 4. The van der Waals surface area contributed by atoms with Crippen molar-refractivity contribution < 1.29 is 0 Å². The molecule has 0 amide bonds. The van der Waals surface area contributed by atoms with Gasteiger partial charge in [0.25, 0.3) is 0 Å². The summed E-state index contributed by atoms with van der Waals surface area (Å²) in [6.45, 7) is 14.8. The molecule has 2 nitrogen and oxygen atoms in total. The molecule has 2 rings (SSSR count). The highest BCUT2D eigenvalue weighted by Gasteiger charge is 2.36. The lowest BCUT2D eigenvalue weighted by Crippen LogP contribution is -2.46. The molecule has 0 aromatic carbocycles. The fourth-order valence-corrected chi connectivity index (χ4v) is 3.97. The molecule has 2 fully saturated rings. The largest absolute Gasteiger partial charge is 0.316 e. The zero-order valence-electron chi connectivity index (χ0n) is 12.8. The van der Waals surface area contributed by atoms with Gasteiger partial charge in [0, 0.05) is 12.6 Å². The Morgan fingerprint density at radius 1 is 1.22 bits per heavy atom. The molecule has 0 aromatic heterocycles. The molecule has 0 radical (unpaired) electrons. The summed E-state index contributed by atoms with van der Waals surface area (Å²) in [6.07, 6.45) is 5.60. The number of piperidine rings is 1. The summed E-state index contributed by atoms with van der Waals surface area (Å²) in [5.41, 5.74) is 0.463. The fraction of sp³-hybridized carbons (Fsp3) is 1.00. The first-order valence-electron chi connectivity index (χ1n) is 7.95. The summed E-state index contributed by atoms with van der Waals surface area (Å²) in [5, 5.41) is 3.58. The van der Waals surface area contributed by atoms with Gasteiger partial charge in [-0.3, -0.25) is 4.90 Å². The van der Waals surface area contributed by atoms with Gasteiger partial charge in [-0.1, -0.05) is 27.7 Å². The van der Waals surface area contributed by atoms with Crippen LogP contribution in [0.25, 0.3) is 0 Å². The second-order valence-corrected chi connectivity index (χ2v) is 7.46. The summed E-state index contributed by atoms with van der Waals surface area (Å²) >= 11 is 0. The van der Waals surface area contributed by atoms with Gasteiger partial charge in [-0.05, 0) is 62.6 Å². The average Bonchev–Trinajstić information content (AvgIpc) is 2.78. The van der Waals surface area contributed by atoms with Crippen LogP contribution in [-0.4, -0.2) is 37.1 Å². The lowest BCUT2D eigenvalue weighted by Gasteiger charge is -2.42. The van der Waals surface area contributed by atoms with Crippen LogP contribution in [0.5, 0.6) is 0 Å². The van der Waals surface area contributed by atoms with Crippen LogP contribution in [0.2, 0.25) is 0 Å². The Bertz CT molecular complexity index is 254. The van der Waals surface area contributed by atoms with Crippen molar-refractivity contribution in [1.29, 1.82) is 0 Å². The van der Waals surface area contributed by atoms with Crippen LogP contribution in [0.1, 0.15) is 53.4 Å². The first-order valence-corrected chi connectivity index (χ1v) is 7.95. The van der Waals surface area contributed by atoms with E-state index in [0.717, 1.165) is 17.9 Å². The molecule has 18 heavy (non-hydrogen) atoms. The van der Waals surface area contributed by atoms with Crippen molar-refractivity contribution >= 4 is 0 Å². The Labute approximate surface area is 114 Å². The third-order valence-corrected chi connectivity index (χ3v) is 5.20. The molecule has 2 aliphatic heterocycles. The van der Waals surface area contributed by atoms with E-state index in [9.17, 15) is 0 Å². The molecule has 0 spiro atoms. The minimum atomic E-state index is 0.463. The minimum Gasteiger partial charge on any atom is -0.316 e. The van der Waals surface area contributed by atoms with Gasteiger partial charge < -0.3 is 5.32 Å². The van der Waals surface area contributed by atoms with Gasteiger partial charge in [-0.2, -0.15) is 0 Å². The van der Waals surface area contributed by atoms with E-state index in [1.54, 1.807) is 0 Å². The van der Waals surface area contributed by atoms with Crippen molar-refractivity contribution in [3.8, 4) is 0 Å². The van der Waals surface area contributed by atoms with Gasteiger partial charge >= 0.3 is 0 Å². The quantitative estimate of drug-likeness (QED) is 0.827. The molecule has 2 unspecified atom stereocenters. The molecule has 2 heteroatoms. The van der Waals surface area contributed by atoms with Crippen molar-refractivity contribution in [3.63, 3.8) is 0 Å². The lowest BCUT2D eigenvalue weighted by atomic mass is 9.74. The number of hydrogen-bond acceptors (Lipinski definition) is 2. The molecule has 106 valence electrons. The van der Waals surface area contributed by atoms with Crippen LogP contribution in [-0.2, 0) is 0 Å². The van der Waals surface area contributed by atoms with Crippen LogP contribution in [0.4, 0.5) is 0 Å². The maximum atomic E-state index is 3.58. The van der Waals surface area contributed by atoms with E-state index in [-0.39, 0.29) is 0 Å². The first-order chi connectivity index (χ1) is 8.50. The van der Waals surface area contributed by atoms with Crippen molar-refractivity contribution in [3.05, 3.63) is 0 Å². The molecule has 0 saturated carbocycles. The zero-order chi connectivity index (χ0) is 13.2. The maximum absolute atomic E-state index is 3.58. The van der Waals surface area contributed by atoms with Gasteiger partial charge in [0.1, 0.15) is 0 Å². The Hall–Kier alpha value is -0.0800. The first kappa shape index (κ1) is 14.3. The van der Waals surface area contributed by atoms with E-state index >= 15 is 0 Å². The summed E-state index contributed by atoms with van der Waals surface area (Å²) in [7, 11) is 0. The normalized spacial score (nSPS) is 31.2. The molecule has 1 N–H and O–H groups in total. The predicted octanol–water partition coefficient (Wildman–Crippen LogP) is 3.13. The van der Waals surface area contributed by atoms with Gasteiger partial charge in [0.15, 0.2) is 0 Å². The highest BCUT2D eigenvalue weighted by molar-refractivity contribution is 4.90. The topological polar surface area (TPSA) is 15.3 Å². The lowest BCUT2D eigenvalue weighted by molar-refractivity contribution is 0.0813. The van der Waals surface area contributed by atoms with Gasteiger partial charge in [-0.25, -0.2) is 0 Å². The summed E-state index contributed by atoms with van der Waals surface area (Å²) in [4.78, 5) is 2.78. The van der Waals surface area contributed by atoms with Crippen LogP contribution < -0.4 is 5.32 Å². The second-order valence-electron chi connectivity index (χ2n) is 7.46. The highest BCUT2D eigenvalue weighted by atomic mass is 15.2. The highest BCUT2D eigenvalue weighted by Crippen LogP contribution is 2.35. The number of likely N-dealkylation sites (tertiary alicyclic amines) is 1. The summed E-state index contributed by atoms with van der Waals surface area (Å²) < 4.78 is 0. The Morgan fingerprint density at radius 3 is 2.61 bits per heavy atom. The SMILES string of the molecule is CC(C)C1CCCN1CC(C)(C)C1CCCNC1. The zero-order valence-corrected chi connectivity index (χ0v) is 12.8. The van der Waals surface area contributed by atoms with Crippen molar-refractivity contribution in [2.45, 2.75) is 59.4 Å². The van der Waals surface area contributed by atoms with Gasteiger partial charge in [0.2, 0.25) is 0 Å². The number of nitrogens with zero attached hydrogens (tertiary/aromatic N) is 1. The average molecular weight is 252 g/mol. The van der Waals surface area contributed by atoms with E-state index in [1.165, 1.54) is 51.9 Å². The molecular weight excluding hydrogens is 220 g/mol. The van der Waals surface area contributed by atoms with Crippen LogP contribution in [0.3, 0.4) is 0 Å². The van der Waals surface area contributed by atoms with Crippen molar-refractivity contribution in [2.75, 3.05) is 26.2 Å². The third-order valence-electron chi connectivity index (χ3n) is 5.20. The summed E-state index contributed by atoms with van der Waals surface area (Å²) in [5.74, 6) is 1.67. The molecule has 2 aliphatic rings.